The molecule has 2 aromatic carbocycles. The molecular weight excluding hydrogens is 1330 g/mol. The van der Waals surface area contributed by atoms with Crippen molar-refractivity contribution in [3.05, 3.63) is 65.9 Å². The number of primary amides is 1. The zero-order valence-corrected chi connectivity index (χ0v) is 58.2. The van der Waals surface area contributed by atoms with Crippen molar-refractivity contribution in [2.75, 3.05) is 13.1 Å². The van der Waals surface area contributed by atoms with E-state index < -0.39 is 187 Å². The number of hydrogen-bond acceptors (Lipinski definition) is 19. The number of hydrogen-bond donors (Lipinski definition) is 21. The van der Waals surface area contributed by atoms with Gasteiger partial charge in [0.2, 0.25) is 65.0 Å². The number of nitrogens with two attached hydrogens (primary N) is 5. The molecule has 102 heavy (non-hydrogen) atoms. The summed E-state index contributed by atoms with van der Waals surface area (Å²) in [4.78, 5) is 197. The average Bonchev–Trinajstić information content (AvgIpc) is 1.62. The molecule has 11 amide bonds. The maximum atomic E-state index is 14.6. The van der Waals surface area contributed by atoms with Crippen LogP contribution in [0.15, 0.2) is 59.7 Å². The number of aliphatic imine (C=N–C) groups is 1. The number of phenolic OH excluding ortho intramolecular Hbond substituents is 1. The van der Waals surface area contributed by atoms with Gasteiger partial charge in [0, 0.05) is 42.9 Å². The highest BCUT2D eigenvalue weighted by atomic mass is 16.4. The van der Waals surface area contributed by atoms with Crippen molar-refractivity contribution in [1.29, 1.82) is 0 Å². The van der Waals surface area contributed by atoms with Crippen LogP contribution in [0, 0.1) is 17.8 Å². The molecule has 0 saturated heterocycles. The first kappa shape index (κ1) is 85.7. The first-order valence-electron chi connectivity index (χ1n) is 33.4. The van der Waals surface area contributed by atoms with E-state index in [0.717, 1.165) is 6.92 Å². The van der Waals surface area contributed by atoms with E-state index in [4.69, 9.17) is 28.7 Å². The van der Waals surface area contributed by atoms with Crippen molar-refractivity contribution in [2.45, 2.75) is 205 Å². The van der Waals surface area contributed by atoms with Crippen LogP contribution in [0.5, 0.6) is 5.75 Å². The number of carbonyl (C=O) groups is 14. The largest absolute Gasteiger partial charge is 0.508 e. The van der Waals surface area contributed by atoms with Crippen molar-refractivity contribution in [3.8, 4) is 5.75 Å². The summed E-state index contributed by atoms with van der Waals surface area (Å²) in [5.74, 6) is -17.6. The Labute approximate surface area is 589 Å². The maximum Gasteiger partial charge on any atom is 0.326 e. The molecule has 36 heteroatoms. The number of aliphatic hydroxyl groups is 1. The summed E-state index contributed by atoms with van der Waals surface area (Å²) in [7, 11) is 0. The standard InChI is InChI=1S/C66H101N17O19/c1-32(2)25-45(77-55(91)40(68)29-51(87)88)59(95)75-42(15-10-11-23-67)56(92)74-43(16-12-24-72-66(70)71)57(93)78-46(26-33(3)4)60(96)76-44(21-22-50(69)86)58(94)83-54(35(7)84)64(100)82-53(34(5)6)63(99)80-47(28-37-31-73-41-14-9-8-13-39(37)41)61(97)79-48(30-52(89)90)62(98)81-49(65(101)102)27-36-17-19-38(85)20-18-36/h8-9,13-14,17-20,31-35,40,42-49,53-54,73,84-85H,10-12,15-16,21-30,67-68H2,1-7H3,(H2,69,86)(H,74,92)(H,75,95)(H,76,96)(H,77,91)(H,78,93)(H,79,97)(H,80,99)(H,81,98)(H,82,100)(H,83,94)(H,87,88)(H,89,90)(H,101,102)(H4,70,71,72)/t35-,40+,42+,43+,44+,45+,46+,47+,48+,49+,53+,54+/m1/s1. The first-order chi connectivity index (χ1) is 47.9. The number of rotatable bonds is 46. The Hall–Kier alpha value is -10.5. The lowest BCUT2D eigenvalue weighted by Crippen LogP contribution is -2.63. The molecule has 3 rings (SSSR count). The topological polar surface area (TPSA) is 619 Å². The fraction of sp³-hybridized carbons (Fsp3) is 0.561. The molecule has 0 aliphatic heterocycles. The highest BCUT2D eigenvalue weighted by molar-refractivity contribution is 6.00. The average molecular weight is 1440 g/mol. The van der Waals surface area contributed by atoms with Crippen molar-refractivity contribution >= 4 is 99.7 Å². The number of nitrogens with zero attached hydrogens (tertiary/aromatic N) is 1. The monoisotopic (exact) mass is 1440 g/mol. The van der Waals surface area contributed by atoms with Gasteiger partial charge in [-0.1, -0.05) is 71.9 Å². The maximum absolute atomic E-state index is 14.6. The van der Waals surface area contributed by atoms with E-state index in [1.807, 2.05) is 0 Å². The molecule has 0 spiro atoms. The Morgan fingerprint density at radius 3 is 1.45 bits per heavy atom. The number of aromatic hydroxyl groups is 1. The minimum absolute atomic E-state index is 0.0274. The SMILES string of the molecule is CC(C)C[C@H](NC(=O)[C@H](CCCN=C(N)N)NC(=O)[C@H](CCCCN)NC(=O)[C@H](CC(C)C)NC(=O)[C@@H](N)CC(=O)O)C(=O)N[C@@H](CCC(N)=O)C(=O)N[C@H](C(=O)N[C@H](C(=O)N[C@@H](Cc1c[nH]c2ccccc12)C(=O)N[C@@H](CC(=O)O)C(=O)N[C@@H](Cc1ccc(O)cc1)C(=O)O)C(C)C)[C@@H](C)O. The number of carboxylic acid groups (broad SMARTS) is 3. The summed E-state index contributed by atoms with van der Waals surface area (Å²) in [6.07, 6.45) is -3.30. The van der Waals surface area contributed by atoms with Crippen LogP contribution in [-0.4, -0.2) is 205 Å². The summed E-state index contributed by atoms with van der Waals surface area (Å²) in [6.45, 7) is 11.1. The van der Waals surface area contributed by atoms with Gasteiger partial charge in [-0.25, -0.2) is 4.79 Å². The molecule has 12 atom stereocenters. The quantitative estimate of drug-likeness (QED) is 0.0148. The Bertz CT molecular complexity index is 3410. The van der Waals surface area contributed by atoms with E-state index in [9.17, 15) is 92.7 Å². The highest BCUT2D eigenvalue weighted by Crippen LogP contribution is 2.21. The Morgan fingerprint density at radius 1 is 0.490 bits per heavy atom. The third kappa shape index (κ3) is 30.1. The summed E-state index contributed by atoms with van der Waals surface area (Å²) in [6, 6.07) is -5.50. The van der Waals surface area contributed by atoms with Crippen LogP contribution >= 0.6 is 0 Å². The molecule has 0 aliphatic rings. The van der Waals surface area contributed by atoms with E-state index in [-0.39, 0.29) is 88.0 Å². The second kappa shape index (κ2) is 42.6. The molecule has 1 aromatic heterocycles. The van der Waals surface area contributed by atoms with Crippen LogP contribution in [0.1, 0.15) is 130 Å². The first-order valence-corrected chi connectivity index (χ1v) is 33.4. The Morgan fingerprint density at radius 2 is 0.941 bits per heavy atom. The molecule has 0 fully saturated rings. The van der Waals surface area contributed by atoms with Gasteiger partial charge in [-0.15, -0.1) is 0 Å². The number of aromatic nitrogens is 1. The molecule has 0 unspecified atom stereocenters. The molecule has 36 nitrogen and oxygen atoms in total. The number of unbranched alkanes of at least 4 members (excludes halogenated alkanes) is 1. The summed E-state index contributed by atoms with van der Waals surface area (Å²) in [5.41, 5.74) is 29.5. The van der Waals surface area contributed by atoms with E-state index in [0.29, 0.717) is 28.5 Å². The second-order valence-electron chi connectivity index (χ2n) is 26.0. The number of aromatic amines is 1. The van der Waals surface area contributed by atoms with Gasteiger partial charge in [-0.2, -0.15) is 0 Å². The highest BCUT2D eigenvalue weighted by Gasteiger charge is 2.39. The van der Waals surface area contributed by atoms with Crippen LogP contribution < -0.4 is 81.8 Å². The smallest absolute Gasteiger partial charge is 0.326 e. The minimum atomic E-state index is -1.94. The van der Waals surface area contributed by atoms with Crippen molar-refractivity contribution < 1.29 is 92.7 Å². The van der Waals surface area contributed by atoms with Crippen LogP contribution in [0.4, 0.5) is 0 Å². The predicted octanol–water partition coefficient (Wildman–Crippen LogP) is -3.55. The Kier molecular flexibility index (Phi) is 35.8. The van der Waals surface area contributed by atoms with E-state index in [1.165, 1.54) is 44.3 Å². The van der Waals surface area contributed by atoms with Crippen LogP contribution in [-0.2, 0) is 80.0 Å². The zero-order chi connectivity index (χ0) is 76.7. The third-order valence-electron chi connectivity index (χ3n) is 15.9. The van der Waals surface area contributed by atoms with Crippen molar-refractivity contribution in [3.63, 3.8) is 0 Å². The number of carboxylic acids is 3. The van der Waals surface area contributed by atoms with Gasteiger partial charge in [0.1, 0.15) is 66.2 Å². The molecule has 0 aliphatic carbocycles. The predicted molar refractivity (Wildman–Crippen MR) is 370 cm³/mol. The summed E-state index contributed by atoms with van der Waals surface area (Å²) < 4.78 is 0. The molecular formula is C66H101N17O19. The van der Waals surface area contributed by atoms with Gasteiger partial charge in [0.25, 0.3) is 0 Å². The number of guanidine groups is 1. The molecule has 3 aromatic rings. The number of phenols is 1. The number of fused-ring (bicyclic) bond motifs is 1. The van der Waals surface area contributed by atoms with Crippen LogP contribution in [0.25, 0.3) is 10.9 Å². The van der Waals surface area contributed by atoms with Crippen LogP contribution in [0.2, 0.25) is 0 Å². The zero-order valence-electron chi connectivity index (χ0n) is 58.2. The van der Waals surface area contributed by atoms with Gasteiger partial charge in [-0.3, -0.25) is 67.3 Å². The fourth-order valence-electron chi connectivity index (χ4n) is 10.6. The van der Waals surface area contributed by atoms with E-state index >= 15 is 0 Å². The van der Waals surface area contributed by atoms with E-state index in [2.05, 4.69) is 63.1 Å². The minimum Gasteiger partial charge on any atom is -0.508 e. The number of aliphatic carboxylic acids is 3. The molecule has 0 bridgehead atoms. The Balaban J connectivity index is 1.97. The van der Waals surface area contributed by atoms with Gasteiger partial charge < -0.3 is 112 Å². The second-order valence-corrected chi connectivity index (χ2v) is 26.0. The number of amides is 11. The van der Waals surface area contributed by atoms with Gasteiger partial charge in [-0.05, 0) is 112 Å². The van der Waals surface area contributed by atoms with Gasteiger partial charge >= 0.3 is 17.9 Å². The number of para-hydroxylation sites is 1. The molecule has 26 N–H and O–H groups in total. The number of nitrogens with one attached hydrogen (secondary N) is 11. The number of aliphatic hydroxyl groups excluding tert-OH is 1. The molecule has 0 saturated carbocycles. The third-order valence-corrected chi connectivity index (χ3v) is 15.9. The summed E-state index contributed by atoms with van der Waals surface area (Å²) in [5, 5.41) is 75.3. The number of carbonyl (C=O) groups excluding carboxylic acids is 11. The van der Waals surface area contributed by atoms with Crippen LogP contribution in [0.3, 0.4) is 0 Å². The lowest BCUT2D eigenvalue weighted by molar-refractivity contribution is -0.144. The van der Waals surface area contributed by atoms with Crippen molar-refractivity contribution in [1.82, 2.24) is 58.2 Å². The molecule has 0 radical (unpaired) electrons. The lowest BCUT2D eigenvalue weighted by Gasteiger charge is -2.30. The normalized spacial score (nSPS) is 14.8. The fourth-order valence-corrected chi connectivity index (χ4v) is 10.6. The number of H-pyrrole nitrogens is 1. The molecule has 564 valence electrons. The summed E-state index contributed by atoms with van der Waals surface area (Å²) >= 11 is 0. The molecule has 1 heterocycles. The van der Waals surface area contributed by atoms with Crippen molar-refractivity contribution in [2.24, 2.45) is 51.4 Å². The van der Waals surface area contributed by atoms with Gasteiger partial charge in [0.05, 0.1) is 25.0 Å². The van der Waals surface area contributed by atoms with Gasteiger partial charge in [0.15, 0.2) is 5.96 Å². The number of benzene rings is 2. The van der Waals surface area contributed by atoms with E-state index in [1.54, 1.807) is 52.0 Å². The lowest BCUT2D eigenvalue weighted by atomic mass is 9.99.